The SMILES string of the molecule is CCN(C(=O)C1CCCCC1)c1cccc2ccccc12. The highest BCUT2D eigenvalue weighted by Crippen LogP contribution is 2.31. The van der Waals surface area contributed by atoms with Crippen molar-refractivity contribution >= 4 is 22.4 Å². The van der Waals surface area contributed by atoms with Gasteiger partial charge >= 0.3 is 0 Å². The van der Waals surface area contributed by atoms with Gasteiger partial charge in [-0.1, -0.05) is 55.7 Å². The molecule has 2 aromatic carbocycles. The second-order valence-corrected chi connectivity index (χ2v) is 5.92. The lowest BCUT2D eigenvalue weighted by Crippen LogP contribution is -2.37. The second kappa shape index (κ2) is 6.30. The van der Waals surface area contributed by atoms with Crippen LogP contribution in [0.1, 0.15) is 39.0 Å². The van der Waals surface area contributed by atoms with Gasteiger partial charge in [-0.15, -0.1) is 0 Å². The lowest BCUT2D eigenvalue weighted by molar-refractivity contribution is -0.123. The molecule has 1 aliphatic carbocycles. The summed E-state index contributed by atoms with van der Waals surface area (Å²) in [6, 6.07) is 14.5. The van der Waals surface area contributed by atoms with Crippen LogP contribution in [0.25, 0.3) is 10.8 Å². The minimum Gasteiger partial charge on any atom is -0.312 e. The summed E-state index contributed by atoms with van der Waals surface area (Å²) in [5.41, 5.74) is 1.06. The maximum atomic E-state index is 12.9. The first-order valence-corrected chi connectivity index (χ1v) is 8.10. The first kappa shape index (κ1) is 14.1. The summed E-state index contributed by atoms with van der Waals surface area (Å²) in [7, 11) is 0. The normalized spacial score (nSPS) is 16.0. The van der Waals surface area contributed by atoms with Crippen LogP contribution in [0.5, 0.6) is 0 Å². The van der Waals surface area contributed by atoms with E-state index in [2.05, 4.69) is 37.3 Å². The van der Waals surface area contributed by atoms with Crippen molar-refractivity contribution < 1.29 is 4.79 Å². The fraction of sp³-hybridized carbons (Fsp3) is 0.421. The van der Waals surface area contributed by atoms with Crippen molar-refractivity contribution in [3.05, 3.63) is 42.5 Å². The van der Waals surface area contributed by atoms with Crippen LogP contribution in [0.4, 0.5) is 5.69 Å². The molecule has 0 saturated heterocycles. The van der Waals surface area contributed by atoms with E-state index in [-0.39, 0.29) is 5.92 Å². The summed E-state index contributed by atoms with van der Waals surface area (Å²) in [6.45, 7) is 2.81. The standard InChI is InChI=1S/C19H23NO/c1-2-20(19(21)16-10-4-3-5-11-16)18-14-8-12-15-9-6-7-13-17(15)18/h6-9,12-14,16H,2-5,10-11H2,1H3. The number of carbonyl (C=O) groups is 1. The van der Waals surface area contributed by atoms with Crippen molar-refractivity contribution in [3.8, 4) is 0 Å². The number of hydrogen-bond acceptors (Lipinski definition) is 1. The molecule has 1 amide bonds. The monoisotopic (exact) mass is 281 g/mol. The molecule has 0 bridgehead atoms. The number of benzene rings is 2. The molecule has 2 heteroatoms. The summed E-state index contributed by atoms with van der Waals surface area (Å²) in [5, 5.41) is 2.37. The Bertz CT molecular complexity index is 623. The molecule has 2 aromatic rings. The molecule has 0 atom stereocenters. The number of anilines is 1. The Hall–Kier alpha value is -1.83. The molecule has 0 aromatic heterocycles. The molecule has 1 fully saturated rings. The zero-order chi connectivity index (χ0) is 14.7. The third-order valence-corrected chi connectivity index (χ3v) is 4.59. The topological polar surface area (TPSA) is 20.3 Å². The maximum absolute atomic E-state index is 12.9. The van der Waals surface area contributed by atoms with Gasteiger partial charge in [0, 0.05) is 17.8 Å². The summed E-state index contributed by atoms with van der Waals surface area (Å²) >= 11 is 0. The average Bonchev–Trinajstić information content (AvgIpc) is 2.56. The number of rotatable bonds is 3. The zero-order valence-electron chi connectivity index (χ0n) is 12.7. The lowest BCUT2D eigenvalue weighted by atomic mass is 9.88. The average molecular weight is 281 g/mol. The first-order chi connectivity index (χ1) is 10.3. The summed E-state index contributed by atoms with van der Waals surface area (Å²) in [6.07, 6.45) is 5.79. The highest BCUT2D eigenvalue weighted by Gasteiger charge is 2.26. The van der Waals surface area contributed by atoms with Gasteiger partial charge in [0.25, 0.3) is 0 Å². The third kappa shape index (κ3) is 2.80. The van der Waals surface area contributed by atoms with Crippen LogP contribution in [-0.2, 0) is 4.79 Å². The summed E-state index contributed by atoms with van der Waals surface area (Å²) < 4.78 is 0. The quantitative estimate of drug-likeness (QED) is 0.793. The van der Waals surface area contributed by atoms with E-state index in [1.807, 2.05) is 17.0 Å². The van der Waals surface area contributed by atoms with Crippen molar-refractivity contribution in [1.82, 2.24) is 0 Å². The van der Waals surface area contributed by atoms with Crippen LogP contribution < -0.4 is 4.90 Å². The van der Waals surface area contributed by atoms with Gasteiger partial charge in [0.15, 0.2) is 0 Å². The maximum Gasteiger partial charge on any atom is 0.230 e. The van der Waals surface area contributed by atoms with E-state index in [1.165, 1.54) is 30.0 Å². The molecular weight excluding hydrogens is 258 g/mol. The smallest absolute Gasteiger partial charge is 0.230 e. The number of carbonyl (C=O) groups excluding carboxylic acids is 1. The fourth-order valence-corrected chi connectivity index (χ4v) is 3.46. The van der Waals surface area contributed by atoms with Gasteiger partial charge in [0.05, 0.1) is 5.69 Å². The van der Waals surface area contributed by atoms with E-state index in [0.717, 1.165) is 25.1 Å². The highest BCUT2D eigenvalue weighted by molar-refractivity contribution is 6.04. The zero-order valence-corrected chi connectivity index (χ0v) is 12.7. The molecular formula is C19H23NO. The van der Waals surface area contributed by atoms with Crippen LogP contribution in [0.15, 0.2) is 42.5 Å². The largest absolute Gasteiger partial charge is 0.312 e. The Morgan fingerprint density at radius 1 is 1.05 bits per heavy atom. The van der Waals surface area contributed by atoms with Gasteiger partial charge in [-0.25, -0.2) is 0 Å². The summed E-state index contributed by atoms with van der Waals surface area (Å²) in [5.74, 6) is 0.534. The number of amides is 1. The molecule has 0 spiro atoms. The van der Waals surface area contributed by atoms with Crippen molar-refractivity contribution in [2.45, 2.75) is 39.0 Å². The van der Waals surface area contributed by atoms with Crippen molar-refractivity contribution in [2.24, 2.45) is 5.92 Å². The molecule has 0 radical (unpaired) electrons. The Labute approximate surface area is 126 Å². The molecule has 0 unspecified atom stereocenters. The molecule has 110 valence electrons. The van der Waals surface area contributed by atoms with Crippen LogP contribution in [0.3, 0.4) is 0 Å². The molecule has 0 N–H and O–H groups in total. The molecule has 2 nitrogen and oxygen atoms in total. The third-order valence-electron chi connectivity index (χ3n) is 4.59. The van der Waals surface area contributed by atoms with E-state index in [1.54, 1.807) is 0 Å². The molecule has 3 rings (SSSR count). The Kier molecular flexibility index (Phi) is 4.23. The lowest BCUT2D eigenvalue weighted by Gasteiger charge is -2.29. The Morgan fingerprint density at radius 2 is 1.76 bits per heavy atom. The number of fused-ring (bicyclic) bond motifs is 1. The van der Waals surface area contributed by atoms with Gasteiger partial charge in [-0.2, -0.15) is 0 Å². The molecule has 0 heterocycles. The van der Waals surface area contributed by atoms with Crippen molar-refractivity contribution in [2.75, 3.05) is 11.4 Å². The van der Waals surface area contributed by atoms with Crippen LogP contribution in [0.2, 0.25) is 0 Å². The van der Waals surface area contributed by atoms with Crippen LogP contribution in [-0.4, -0.2) is 12.5 Å². The highest BCUT2D eigenvalue weighted by atomic mass is 16.2. The molecule has 0 aliphatic heterocycles. The number of nitrogens with zero attached hydrogens (tertiary/aromatic N) is 1. The predicted octanol–water partition coefficient (Wildman–Crippen LogP) is 4.77. The van der Waals surface area contributed by atoms with E-state index in [0.29, 0.717) is 5.91 Å². The van der Waals surface area contributed by atoms with Crippen LogP contribution >= 0.6 is 0 Å². The van der Waals surface area contributed by atoms with Crippen LogP contribution in [0, 0.1) is 5.92 Å². The Morgan fingerprint density at radius 3 is 2.52 bits per heavy atom. The van der Waals surface area contributed by atoms with Gasteiger partial charge < -0.3 is 4.90 Å². The first-order valence-electron chi connectivity index (χ1n) is 8.10. The van der Waals surface area contributed by atoms with Gasteiger partial charge in [0.1, 0.15) is 0 Å². The second-order valence-electron chi connectivity index (χ2n) is 5.92. The minimum atomic E-state index is 0.220. The molecule has 21 heavy (non-hydrogen) atoms. The Balaban J connectivity index is 1.96. The van der Waals surface area contributed by atoms with Gasteiger partial charge in [-0.05, 0) is 31.2 Å². The number of hydrogen-bond donors (Lipinski definition) is 0. The van der Waals surface area contributed by atoms with E-state index < -0.39 is 0 Å². The molecule has 1 aliphatic rings. The van der Waals surface area contributed by atoms with E-state index in [4.69, 9.17) is 0 Å². The molecule has 1 saturated carbocycles. The fourth-order valence-electron chi connectivity index (χ4n) is 3.46. The van der Waals surface area contributed by atoms with E-state index >= 15 is 0 Å². The van der Waals surface area contributed by atoms with Gasteiger partial charge in [0.2, 0.25) is 5.91 Å². The van der Waals surface area contributed by atoms with E-state index in [9.17, 15) is 4.79 Å². The van der Waals surface area contributed by atoms with Crippen molar-refractivity contribution in [1.29, 1.82) is 0 Å². The minimum absolute atomic E-state index is 0.220. The summed E-state index contributed by atoms with van der Waals surface area (Å²) in [4.78, 5) is 14.9. The van der Waals surface area contributed by atoms with Crippen molar-refractivity contribution in [3.63, 3.8) is 0 Å². The predicted molar refractivity (Wildman–Crippen MR) is 88.6 cm³/mol. The van der Waals surface area contributed by atoms with Gasteiger partial charge in [-0.3, -0.25) is 4.79 Å².